The molecule has 0 aliphatic carbocycles. The second kappa shape index (κ2) is 11.9. The first kappa shape index (κ1) is 25.5. The van der Waals surface area contributed by atoms with Crippen LogP contribution in [0.1, 0.15) is 36.6 Å². The molecule has 0 bridgehead atoms. The molecule has 6 nitrogen and oxygen atoms in total. The first-order chi connectivity index (χ1) is 17.5. The number of carbonyl (C=O) groups is 1. The number of halogens is 1. The van der Waals surface area contributed by atoms with E-state index in [0.29, 0.717) is 48.5 Å². The number of fused-ring (bicyclic) bond motifs is 1. The number of nitrogens with zero attached hydrogens (tertiary/aromatic N) is 2. The van der Waals surface area contributed by atoms with E-state index in [0.717, 1.165) is 17.5 Å². The molecule has 1 aromatic heterocycles. The molecule has 1 N–H and O–H groups in total. The Morgan fingerprint density at radius 1 is 1.22 bits per heavy atom. The number of benzene rings is 2. The molecule has 3 atom stereocenters. The van der Waals surface area contributed by atoms with Crippen LogP contribution in [0.4, 0.5) is 4.39 Å². The van der Waals surface area contributed by atoms with Crippen molar-refractivity contribution in [3.8, 4) is 23.3 Å². The quantitative estimate of drug-likeness (QED) is 0.442. The van der Waals surface area contributed by atoms with E-state index in [2.05, 4.69) is 21.7 Å². The molecule has 1 aliphatic rings. The summed E-state index contributed by atoms with van der Waals surface area (Å²) in [6.45, 7) is 1.62. The average Bonchev–Trinajstić information content (AvgIpc) is 2.91. The molecule has 0 unspecified atom stereocenters. The molecular formula is C29H31FN2O4. The number of aromatic nitrogens is 1. The zero-order valence-corrected chi connectivity index (χ0v) is 20.6. The lowest BCUT2D eigenvalue weighted by Crippen LogP contribution is -2.44. The van der Waals surface area contributed by atoms with Crippen LogP contribution in [0, 0.1) is 23.7 Å². The fourth-order valence-corrected chi connectivity index (χ4v) is 4.89. The van der Waals surface area contributed by atoms with Crippen LogP contribution >= 0.6 is 0 Å². The summed E-state index contributed by atoms with van der Waals surface area (Å²) in [5.74, 6) is 6.16. The van der Waals surface area contributed by atoms with Crippen LogP contribution in [0.2, 0.25) is 0 Å². The van der Waals surface area contributed by atoms with Gasteiger partial charge < -0.3 is 14.6 Å². The number of rotatable bonds is 8. The van der Waals surface area contributed by atoms with Gasteiger partial charge in [0, 0.05) is 18.1 Å². The summed E-state index contributed by atoms with van der Waals surface area (Å²) in [6, 6.07) is 14.7. The van der Waals surface area contributed by atoms with Crippen LogP contribution in [0.25, 0.3) is 10.9 Å². The van der Waals surface area contributed by atoms with Gasteiger partial charge in [-0.15, -0.1) is 0 Å². The minimum Gasteiger partial charge on any atom is -0.497 e. The Hall–Kier alpha value is -3.63. The highest BCUT2D eigenvalue weighted by atomic mass is 19.1. The molecular weight excluding hydrogens is 459 g/mol. The van der Waals surface area contributed by atoms with Crippen LogP contribution < -0.4 is 9.47 Å². The number of piperidine rings is 1. The summed E-state index contributed by atoms with van der Waals surface area (Å²) in [5, 5.41) is 10.6. The average molecular weight is 491 g/mol. The highest BCUT2D eigenvalue weighted by Crippen LogP contribution is 2.35. The van der Waals surface area contributed by atoms with Gasteiger partial charge >= 0.3 is 5.97 Å². The van der Waals surface area contributed by atoms with Crippen molar-refractivity contribution in [2.24, 2.45) is 11.8 Å². The maximum atomic E-state index is 15.4. The third kappa shape index (κ3) is 5.95. The molecule has 1 fully saturated rings. The monoisotopic (exact) mass is 490 g/mol. The Kier molecular flexibility index (Phi) is 8.40. The standard InChI is InChI=1S/C29H31FN2O4/c1-35-22-10-12-27-24(18-22)23(13-15-31-27)26(30)11-9-20-14-17-32(19-25(20)29(33)34)16-5-7-21-6-3-4-8-28(21)36-2/h3-4,6,8,10,12-13,15,18,20,25-26H,9,11,14,16-17,19H2,1-2H3,(H,33,34)/t20-,25+,26-/m1/s1. The van der Waals surface area contributed by atoms with E-state index in [1.807, 2.05) is 30.3 Å². The lowest BCUT2D eigenvalue weighted by atomic mass is 9.81. The van der Waals surface area contributed by atoms with Gasteiger partial charge in [-0.05, 0) is 73.7 Å². The molecule has 2 aromatic carbocycles. The molecule has 7 heteroatoms. The fraction of sp³-hybridized carbons (Fsp3) is 0.379. The van der Waals surface area contributed by atoms with Gasteiger partial charge in [0.05, 0.1) is 37.8 Å². The fourth-order valence-electron chi connectivity index (χ4n) is 4.89. The Morgan fingerprint density at radius 3 is 2.83 bits per heavy atom. The molecule has 2 heterocycles. The number of likely N-dealkylation sites (tertiary alicyclic amines) is 1. The molecule has 0 radical (unpaired) electrons. The molecule has 0 amide bonds. The first-order valence-electron chi connectivity index (χ1n) is 12.1. The highest BCUT2D eigenvalue weighted by molar-refractivity contribution is 5.83. The number of aliphatic carboxylic acids is 1. The van der Waals surface area contributed by atoms with Gasteiger partial charge in [0.2, 0.25) is 0 Å². The lowest BCUT2D eigenvalue weighted by molar-refractivity contribution is -0.146. The van der Waals surface area contributed by atoms with Gasteiger partial charge in [0.25, 0.3) is 0 Å². The van der Waals surface area contributed by atoms with Crippen molar-refractivity contribution in [2.45, 2.75) is 25.4 Å². The number of pyridine rings is 1. The zero-order chi connectivity index (χ0) is 25.5. The second-order valence-electron chi connectivity index (χ2n) is 9.06. The largest absolute Gasteiger partial charge is 0.497 e. The van der Waals surface area contributed by atoms with Crippen LogP contribution in [0.15, 0.2) is 54.7 Å². The minimum absolute atomic E-state index is 0.0817. The molecule has 188 valence electrons. The van der Waals surface area contributed by atoms with Crippen molar-refractivity contribution in [1.29, 1.82) is 0 Å². The van der Waals surface area contributed by atoms with E-state index in [-0.39, 0.29) is 12.3 Å². The number of hydrogen-bond donors (Lipinski definition) is 1. The van der Waals surface area contributed by atoms with Gasteiger partial charge in [-0.1, -0.05) is 24.0 Å². The number of hydrogen-bond acceptors (Lipinski definition) is 5. The Bertz CT molecular complexity index is 1270. The first-order valence-corrected chi connectivity index (χ1v) is 12.1. The van der Waals surface area contributed by atoms with E-state index < -0.39 is 18.1 Å². The lowest BCUT2D eigenvalue weighted by Gasteiger charge is -2.35. The second-order valence-corrected chi connectivity index (χ2v) is 9.06. The number of carboxylic acids is 1. The summed E-state index contributed by atoms with van der Waals surface area (Å²) in [5.41, 5.74) is 2.08. The maximum absolute atomic E-state index is 15.4. The molecule has 1 saturated heterocycles. The van der Waals surface area contributed by atoms with Crippen molar-refractivity contribution in [3.05, 3.63) is 65.9 Å². The number of alkyl halides is 1. The summed E-state index contributed by atoms with van der Waals surface area (Å²) in [6.07, 6.45) is 1.87. The predicted molar refractivity (Wildman–Crippen MR) is 137 cm³/mol. The summed E-state index contributed by atoms with van der Waals surface area (Å²) < 4.78 is 26.0. The summed E-state index contributed by atoms with van der Waals surface area (Å²) in [7, 11) is 3.19. The van der Waals surface area contributed by atoms with E-state index in [9.17, 15) is 9.90 Å². The smallest absolute Gasteiger partial charge is 0.308 e. The molecule has 4 rings (SSSR count). The topological polar surface area (TPSA) is 71.9 Å². The molecule has 0 saturated carbocycles. The Balaban J connectivity index is 1.38. The van der Waals surface area contributed by atoms with Gasteiger partial charge in [-0.3, -0.25) is 14.7 Å². The zero-order valence-electron chi connectivity index (χ0n) is 20.6. The van der Waals surface area contributed by atoms with Crippen molar-refractivity contribution in [3.63, 3.8) is 0 Å². The molecule has 0 spiro atoms. The normalized spacial score (nSPS) is 18.8. The van der Waals surface area contributed by atoms with Crippen LogP contribution in [-0.2, 0) is 4.79 Å². The van der Waals surface area contributed by atoms with Crippen LogP contribution in [0.5, 0.6) is 11.5 Å². The Morgan fingerprint density at radius 2 is 2.06 bits per heavy atom. The van der Waals surface area contributed by atoms with Crippen LogP contribution in [-0.4, -0.2) is 54.8 Å². The summed E-state index contributed by atoms with van der Waals surface area (Å²) >= 11 is 0. The number of ether oxygens (including phenoxy) is 2. The van der Waals surface area contributed by atoms with Crippen molar-refractivity contribution >= 4 is 16.9 Å². The van der Waals surface area contributed by atoms with E-state index in [4.69, 9.17) is 9.47 Å². The van der Waals surface area contributed by atoms with E-state index in [1.54, 1.807) is 38.6 Å². The predicted octanol–water partition coefficient (Wildman–Crippen LogP) is 5.12. The van der Waals surface area contributed by atoms with Gasteiger partial charge in [-0.2, -0.15) is 0 Å². The molecule has 36 heavy (non-hydrogen) atoms. The van der Waals surface area contributed by atoms with Crippen molar-refractivity contribution in [1.82, 2.24) is 9.88 Å². The summed E-state index contributed by atoms with van der Waals surface area (Å²) in [4.78, 5) is 18.4. The SMILES string of the molecule is COc1ccc2nccc([C@H](F)CC[C@@H]3CCN(CC#Cc4ccccc4OC)C[C@@H]3C(=O)O)c2c1. The van der Waals surface area contributed by atoms with E-state index >= 15 is 4.39 Å². The van der Waals surface area contributed by atoms with Gasteiger partial charge in [0.15, 0.2) is 0 Å². The third-order valence-electron chi connectivity index (χ3n) is 6.90. The molecule has 1 aliphatic heterocycles. The number of carboxylic acid groups (broad SMARTS) is 1. The van der Waals surface area contributed by atoms with Crippen molar-refractivity contribution < 1.29 is 23.8 Å². The van der Waals surface area contributed by atoms with Gasteiger partial charge in [0.1, 0.15) is 17.7 Å². The van der Waals surface area contributed by atoms with Crippen molar-refractivity contribution in [2.75, 3.05) is 33.9 Å². The Labute approximate surface area is 211 Å². The third-order valence-corrected chi connectivity index (χ3v) is 6.90. The van der Waals surface area contributed by atoms with Crippen LogP contribution in [0.3, 0.4) is 0 Å². The van der Waals surface area contributed by atoms with Gasteiger partial charge in [-0.25, -0.2) is 4.39 Å². The maximum Gasteiger partial charge on any atom is 0.308 e. The highest BCUT2D eigenvalue weighted by Gasteiger charge is 2.34. The van der Waals surface area contributed by atoms with E-state index in [1.165, 1.54) is 0 Å². The number of para-hydroxylation sites is 1. The number of methoxy groups -OCH3 is 2. The molecule has 3 aromatic rings. The minimum atomic E-state index is -1.21.